The molecule has 0 saturated carbocycles. The molecule has 0 fully saturated rings. The van der Waals surface area contributed by atoms with E-state index in [-0.39, 0.29) is 11.5 Å². The Hall–Kier alpha value is -2.88. The summed E-state index contributed by atoms with van der Waals surface area (Å²) in [7, 11) is 3.11. The van der Waals surface area contributed by atoms with Crippen molar-refractivity contribution in [2.24, 2.45) is 0 Å². The second kappa shape index (κ2) is 8.29. The van der Waals surface area contributed by atoms with Crippen LogP contribution in [0.15, 0.2) is 42.0 Å². The van der Waals surface area contributed by atoms with E-state index in [0.29, 0.717) is 12.2 Å². The van der Waals surface area contributed by atoms with Gasteiger partial charge in [0.2, 0.25) is 5.75 Å². The highest BCUT2D eigenvalue weighted by atomic mass is 16.5. The van der Waals surface area contributed by atoms with Crippen molar-refractivity contribution >= 4 is 12.2 Å². The van der Waals surface area contributed by atoms with Gasteiger partial charge in [0.25, 0.3) is 0 Å². The van der Waals surface area contributed by atoms with E-state index in [0.717, 1.165) is 28.0 Å². The van der Waals surface area contributed by atoms with Gasteiger partial charge in [0.15, 0.2) is 11.5 Å². The maximum absolute atomic E-state index is 10.1. The standard InChI is InChI=1S/C21H24O4/c1-14(2)8-11-18-16(13-19(22)20(23)21(18)25-4)10-9-15-6-5-7-17(12-15)24-3/h5-10,12-13,22-23H,11H2,1-4H3/b10-9+. The third-order valence-corrected chi connectivity index (χ3v) is 3.84. The van der Waals surface area contributed by atoms with Crippen molar-refractivity contribution in [3.63, 3.8) is 0 Å². The second-order valence-electron chi connectivity index (χ2n) is 5.94. The van der Waals surface area contributed by atoms with E-state index in [1.165, 1.54) is 7.11 Å². The predicted molar refractivity (Wildman–Crippen MR) is 101 cm³/mol. The monoisotopic (exact) mass is 340 g/mol. The van der Waals surface area contributed by atoms with Gasteiger partial charge in [-0.2, -0.15) is 0 Å². The quantitative estimate of drug-likeness (QED) is 0.451. The Morgan fingerprint density at radius 3 is 2.44 bits per heavy atom. The zero-order valence-corrected chi connectivity index (χ0v) is 15.0. The topological polar surface area (TPSA) is 58.9 Å². The number of hydrogen-bond acceptors (Lipinski definition) is 4. The molecule has 0 heterocycles. The summed E-state index contributed by atoms with van der Waals surface area (Å²) < 4.78 is 10.6. The molecule has 0 saturated heterocycles. The molecule has 2 N–H and O–H groups in total. The molecule has 2 aromatic carbocycles. The Morgan fingerprint density at radius 1 is 1.04 bits per heavy atom. The number of hydrogen-bond donors (Lipinski definition) is 2. The lowest BCUT2D eigenvalue weighted by atomic mass is 9.99. The Morgan fingerprint density at radius 2 is 1.80 bits per heavy atom. The highest BCUT2D eigenvalue weighted by molar-refractivity contribution is 5.75. The maximum Gasteiger partial charge on any atom is 0.200 e. The molecule has 0 aliphatic rings. The zero-order valence-electron chi connectivity index (χ0n) is 15.0. The molecule has 0 atom stereocenters. The second-order valence-corrected chi connectivity index (χ2v) is 5.94. The average molecular weight is 340 g/mol. The van der Waals surface area contributed by atoms with Crippen molar-refractivity contribution in [1.29, 1.82) is 0 Å². The lowest BCUT2D eigenvalue weighted by Gasteiger charge is -2.14. The van der Waals surface area contributed by atoms with Gasteiger partial charge in [-0.15, -0.1) is 0 Å². The number of phenols is 2. The van der Waals surface area contributed by atoms with Gasteiger partial charge in [-0.25, -0.2) is 0 Å². The fourth-order valence-corrected chi connectivity index (χ4v) is 2.51. The van der Waals surface area contributed by atoms with Crippen LogP contribution in [0.1, 0.15) is 30.5 Å². The van der Waals surface area contributed by atoms with Crippen LogP contribution in [-0.2, 0) is 6.42 Å². The summed E-state index contributed by atoms with van der Waals surface area (Å²) in [6, 6.07) is 9.23. The van der Waals surface area contributed by atoms with Crippen LogP contribution in [0.2, 0.25) is 0 Å². The summed E-state index contributed by atoms with van der Waals surface area (Å²) >= 11 is 0. The fourth-order valence-electron chi connectivity index (χ4n) is 2.51. The van der Waals surface area contributed by atoms with Crippen molar-refractivity contribution < 1.29 is 19.7 Å². The number of aromatic hydroxyl groups is 2. The van der Waals surface area contributed by atoms with Gasteiger partial charge in [-0.05, 0) is 49.6 Å². The molecule has 0 radical (unpaired) electrons. The summed E-state index contributed by atoms with van der Waals surface area (Å²) in [6.07, 6.45) is 6.47. The van der Waals surface area contributed by atoms with Gasteiger partial charge in [0, 0.05) is 5.56 Å². The molecule has 0 aliphatic carbocycles. The summed E-state index contributed by atoms with van der Waals surface area (Å²) in [5, 5.41) is 20.1. The largest absolute Gasteiger partial charge is 0.504 e. The van der Waals surface area contributed by atoms with Crippen LogP contribution in [0.5, 0.6) is 23.0 Å². The molecule has 0 aromatic heterocycles. The molecule has 4 heteroatoms. The van der Waals surface area contributed by atoms with Gasteiger partial charge in [-0.3, -0.25) is 0 Å². The van der Waals surface area contributed by atoms with Crippen molar-refractivity contribution in [1.82, 2.24) is 0 Å². The highest BCUT2D eigenvalue weighted by Gasteiger charge is 2.16. The van der Waals surface area contributed by atoms with Gasteiger partial charge in [0.1, 0.15) is 5.75 Å². The Labute approximate surface area is 148 Å². The van der Waals surface area contributed by atoms with Gasteiger partial charge in [-0.1, -0.05) is 35.9 Å². The van der Waals surface area contributed by atoms with Crippen molar-refractivity contribution in [2.75, 3.05) is 14.2 Å². The van der Waals surface area contributed by atoms with Crippen LogP contribution in [0.3, 0.4) is 0 Å². The first kappa shape index (κ1) is 18.5. The Bertz CT molecular complexity index is 800. The summed E-state index contributed by atoms with van der Waals surface area (Å²) in [4.78, 5) is 0. The molecular formula is C21H24O4. The van der Waals surface area contributed by atoms with Gasteiger partial charge < -0.3 is 19.7 Å². The predicted octanol–water partition coefficient (Wildman–Crippen LogP) is 4.79. The molecule has 2 aromatic rings. The molecule has 0 bridgehead atoms. The first-order valence-corrected chi connectivity index (χ1v) is 8.03. The SMILES string of the molecule is COc1cccc(/C=C/c2cc(O)c(O)c(OC)c2CC=C(C)C)c1. The smallest absolute Gasteiger partial charge is 0.200 e. The molecule has 2 rings (SSSR count). The average Bonchev–Trinajstić information content (AvgIpc) is 2.61. The summed E-state index contributed by atoms with van der Waals surface area (Å²) in [5.41, 5.74) is 3.74. The van der Waals surface area contributed by atoms with E-state index < -0.39 is 0 Å². The number of benzene rings is 2. The van der Waals surface area contributed by atoms with Crippen LogP contribution in [-0.4, -0.2) is 24.4 Å². The van der Waals surface area contributed by atoms with Crippen molar-refractivity contribution in [3.8, 4) is 23.0 Å². The van der Waals surface area contributed by atoms with E-state index >= 15 is 0 Å². The first-order chi connectivity index (χ1) is 12.0. The Kier molecular flexibility index (Phi) is 6.12. The minimum atomic E-state index is -0.238. The lowest BCUT2D eigenvalue weighted by Crippen LogP contribution is -1.96. The van der Waals surface area contributed by atoms with Crippen LogP contribution < -0.4 is 9.47 Å². The highest BCUT2D eigenvalue weighted by Crippen LogP contribution is 2.41. The molecule has 0 aliphatic heterocycles. The number of rotatable bonds is 6. The van der Waals surface area contributed by atoms with E-state index in [1.54, 1.807) is 13.2 Å². The molecule has 0 spiro atoms. The third kappa shape index (κ3) is 4.57. The minimum Gasteiger partial charge on any atom is -0.504 e. The molecule has 0 unspecified atom stereocenters. The number of ether oxygens (including phenoxy) is 2. The van der Waals surface area contributed by atoms with Crippen molar-refractivity contribution in [2.45, 2.75) is 20.3 Å². The molecule has 4 nitrogen and oxygen atoms in total. The molecule has 0 amide bonds. The van der Waals surface area contributed by atoms with E-state index in [1.807, 2.05) is 50.3 Å². The van der Waals surface area contributed by atoms with Gasteiger partial charge >= 0.3 is 0 Å². The third-order valence-electron chi connectivity index (χ3n) is 3.84. The number of phenolic OH excluding ortho intramolecular Hbond substituents is 2. The van der Waals surface area contributed by atoms with E-state index in [9.17, 15) is 10.2 Å². The molecule has 25 heavy (non-hydrogen) atoms. The van der Waals surface area contributed by atoms with Crippen molar-refractivity contribution in [3.05, 3.63) is 58.7 Å². The maximum atomic E-state index is 10.1. The summed E-state index contributed by atoms with van der Waals surface area (Å²) in [6.45, 7) is 4.02. The number of methoxy groups -OCH3 is 2. The van der Waals surface area contributed by atoms with Crippen LogP contribution in [0.25, 0.3) is 12.2 Å². The fraction of sp³-hybridized carbons (Fsp3) is 0.238. The van der Waals surface area contributed by atoms with Gasteiger partial charge in [0.05, 0.1) is 14.2 Å². The van der Waals surface area contributed by atoms with E-state index in [2.05, 4.69) is 6.08 Å². The minimum absolute atomic E-state index is 0.205. The summed E-state index contributed by atoms with van der Waals surface area (Å²) in [5.74, 6) is 0.627. The lowest BCUT2D eigenvalue weighted by molar-refractivity contribution is 0.348. The molecular weight excluding hydrogens is 316 g/mol. The normalized spacial score (nSPS) is 10.7. The van der Waals surface area contributed by atoms with Crippen LogP contribution >= 0.6 is 0 Å². The molecule has 132 valence electrons. The number of allylic oxidation sites excluding steroid dienone is 2. The first-order valence-electron chi connectivity index (χ1n) is 8.03. The van der Waals surface area contributed by atoms with Crippen LogP contribution in [0.4, 0.5) is 0 Å². The Balaban J connectivity index is 2.49. The zero-order chi connectivity index (χ0) is 18.4. The van der Waals surface area contributed by atoms with Crippen LogP contribution in [0, 0.1) is 0 Å². The van der Waals surface area contributed by atoms with E-state index in [4.69, 9.17) is 9.47 Å².